The Hall–Kier alpha value is -3.19. The largest absolute Gasteiger partial charge is 0.872 e. The smallest absolute Gasteiger partial charge is 0.231 e. The molecule has 1 heterocycles. The Morgan fingerprint density at radius 3 is 2.15 bits per heavy atom. The number of nitrogens with one attached hydrogen (secondary N) is 1. The summed E-state index contributed by atoms with van der Waals surface area (Å²) in [6.07, 6.45) is 1.62. The Balaban J connectivity index is 2.00. The predicted octanol–water partition coefficient (Wildman–Crippen LogP) is 3.10. The summed E-state index contributed by atoms with van der Waals surface area (Å²) in [5, 5.41) is 12.8. The molecule has 2 aromatic rings. The fourth-order valence-corrected chi connectivity index (χ4v) is 4.47. The quantitative estimate of drug-likeness (QED) is 0.539. The molecule has 0 aromatic heterocycles. The Labute approximate surface area is 201 Å². The highest BCUT2D eigenvalue weighted by Gasteiger charge is 2.32. The van der Waals surface area contributed by atoms with E-state index < -0.39 is 0 Å². The predicted molar refractivity (Wildman–Crippen MR) is 129 cm³/mol. The maximum Gasteiger partial charge on any atom is 0.231 e. The zero-order valence-electron chi connectivity index (χ0n) is 21.1. The van der Waals surface area contributed by atoms with E-state index in [0.29, 0.717) is 58.1 Å². The third-order valence-electron chi connectivity index (χ3n) is 5.74. The molecule has 0 saturated carbocycles. The van der Waals surface area contributed by atoms with Gasteiger partial charge in [0.2, 0.25) is 11.5 Å². The van der Waals surface area contributed by atoms with E-state index in [2.05, 4.69) is 27.7 Å². The van der Waals surface area contributed by atoms with Crippen LogP contribution in [0.15, 0.2) is 30.0 Å². The summed E-state index contributed by atoms with van der Waals surface area (Å²) in [5.41, 5.74) is 1.56. The molecule has 0 amide bonds. The van der Waals surface area contributed by atoms with Gasteiger partial charge in [-0.2, -0.15) is 0 Å². The third kappa shape index (κ3) is 5.30. The molecule has 7 heteroatoms. The minimum atomic E-state index is -0.262. The summed E-state index contributed by atoms with van der Waals surface area (Å²) in [6.45, 7) is 11.1. The fraction of sp³-hybridized carbons (Fsp3) is 0.444. The number of hydrogen-bond donors (Lipinski definition) is 1. The number of rotatable bonds is 10. The number of quaternary nitrogens is 1. The first-order chi connectivity index (χ1) is 16.2. The van der Waals surface area contributed by atoms with E-state index >= 15 is 0 Å². The minimum Gasteiger partial charge on any atom is -0.872 e. The molecule has 1 N–H and O–H groups in total. The second-order valence-electron chi connectivity index (χ2n) is 9.40. The molecule has 184 valence electrons. The average Bonchev–Trinajstić information content (AvgIpc) is 3.09. The van der Waals surface area contributed by atoms with Crippen LogP contribution in [-0.4, -0.2) is 40.2 Å². The van der Waals surface area contributed by atoms with Crippen LogP contribution < -0.4 is 29.0 Å². The van der Waals surface area contributed by atoms with Crippen molar-refractivity contribution in [3.8, 4) is 28.7 Å². The van der Waals surface area contributed by atoms with Crippen LogP contribution >= 0.6 is 0 Å². The number of carbonyl (C=O) groups is 1. The Kier molecular flexibility index (Phi) is 8.10. The summed E-state index contributed by atoms with van der Waals surface area (Å²) >= 11 is 0. The Bertz CT molecular complexity index is 1060. The zero-order chi connectivity index (χ0) is 25.0. The van der Waals surface area contributed by atoms with Gasteiger partial charge in [0.15, 0.2) is 17.3 Å². The second kappa shape index (κ2) is 10.8. The summed E-state index contributed by atoms with van der Waals surface area (Å²) in [5.74, 6) is 2.47. The van der Waals surface area contributed by atoms with E-state index in [9.17, 15) is 9.90 Å². The highest BCUT2D eigenvalue weighted by Crippen LogP contribution is 2.43. The van der Waals surface area contributed by atoms with Gasteiger partial charge in [0.25, 0.3) is 0 Å². The Morgan fingerprint density at radius 1 is 0.941 bits per heavy atom. The number of ketones is 1. The van der Waals surface area contributed by atoms with Crippen LogP contribution in [0.5, 0.6) is 28.7 Å². The number of hydrogen-bond acceptors (Lipinski definition) is 6. The SMILES string of the molecule is COc1ccc(/C=C2\Oc3c(ccc([O-])c3C[NH+](CC(C)C)CC(C)C)C2=O)c(OC)c1OC. The van der Waals surface area contributed by atoms with Crippen molar-refractivity contribution in [3.05, 3.63) is 46.7 Å². The molecule has 0 radical (unpaired) electrons. The van der Waals surface area contributed by atoms with Gasteiger partial charge in [-0.05, 0) is 24.3 Å². The lowest BCUT2D eigenvalue weighted by Crippen LogP contribution is -3.11. The van der Waals surface area contributed by atoms with Crippen molar-refractivity contribution in [1.29, 1.82) is 0 Å². The summed E-state index contributed by atoms with van der Waals surface area (Å²) in [6, 6.07) is 6.53. The van der Waals surface area contributed by atoms with Crippen LogP contribution in [0.25, 0.3) is 6.08 Å². The maximum atomic E-state index is 13.2. The molecule has 0 fully saturated rings. The van der Waals surface area contributed by atoms with Crippen LogP contribution in [-0.2, 0) is 6.54 Å². The van der Waals surface area contributed by atoms with Gasteiger partial charge in [0, 0.05) is 23.0 Å². The van der Waals surface area contributed by atoms with Crippen molar-refractivity contribution < 1.29 is 33.7 Å². The molecule has 0 unspecified atom stereocenters. The van der Waals surface area contributed by atoms with Crippen LogP contribution in [0.3, 0.4) is 0 Å². The first-order valence-electron chi connectivity index (χ1n) is 11.6. The third-order valence-corrected chi connectivity index (χ3v) is 5.74. The number of ether oxygens (including phenoxy) is 4. The van der Waals surface area contributed by atoms with E-state index in [1.807, 2.05) is 0 Å². The van der Waals surface area contributed by atoms with E-state index in [-0.39, 0.29) is 17.3 Å². The molecule has 3 rings (SSSR count). The molecule has 34 heavy (non-hydrogen) atoms. The monoisotopic (exact) mass is 469 g/mol. The van der Waals surface area contributed by atoms with Crippen molar-refractivity contribution in [1.82, 2.24) is 0 Å². The molecule has 0 atom stereocenters. The van der Waals surface area contributed by atoms with E-state index in [4.69, 9.17) is 18.9 Å². The van der Waals surface area contributed by atoms with Crippen molar-refractivity contribution in [2.75, 3.05) is 34.4 Å². The van der Waals surface area contributed by atoms with Crippen LogP contribution in [0.1, 0.15) is 49.2 Å². The minimum absolute atomic E-state index is 0.110. The van der Waals surface area contributed by atoms with Gasteiger partial charge in [0.1, 0.15) is 12.3 Å². The van der Waals surface area contributed by atoms with Gasteiger partial charge in [-0.25, -0.2) is 0 Å². The molecule has 0 aliphatic carbocycles. The van der Waals surface area contributed by atoms with E-state index in [1.54, 1.807) is 31.4 Å². The molecule has 2 aromatic carbocycles. The second-order valence-corrected chi connectivity index (χ2v) is 9.40. The van der Waals surface area contributed by atoms with Gasteiger partial charge >= 0.3 is 0 Å². The number of Topliss-reactive ketones (excluding diaryl/α,β-unsaturated/α-hetero) is 1. The van der Waals surface area contributed by atoms with Gasteiger partial charge in [-0.1, -0.05) is 39.5 Å². The van der Waals surface area contributed by atoms with Crippen LogP contribution in [0.4, 0.5) is 0 Å². The highest BCUT2D eigenvalue weighted by molar-refractivity contribution is 6.15. The van der Waals surface area contributed by atoms with Gasteiger partial charge in [-0.15, -0.1) is 0 Å². The summed E-state index contributed by atoms with van der Waals surface area (Å²) in [7, 11) is 4.59. The van der Waals surface area contributed by atoms with Gasteiger partial charge in [-0.3, -0.25) is 4.79 Å². The van der Waals surface area contributed by atoms with Crippen molar-refractivity contribution in [2.45, 2.75) is 34.2 Å². The van der Waals surface area contributed by atoms with E-state index in [1.165, 1.54) is 25.2 Å². The topological polar surface area (TPSA) is 81.5 Å². The molecule has 1 aliphatic rings. The lowest BCUT2D eigenvalue weighted by Gasteiger charge is -2.26. The molecular weight excluding hydrogens is 434 g/mol. The number of methoxy groups -OCH3 is 3. The zero-order valence-corrected chi connectivity index (χ0v) is 21.1. The van der Waals surface area contributed by atoms with Crippen LogP contribution in [0, 0.1) is 11.8 Å². The summed E-state index contributed by atoms with van der Waals surface area (Å²) in [4.78, 5) is 14.5. The maximum absolute atomic E-state index is 13.2. The number of benzene rings is 2. The number of allylic oxidation sites excluding steroid dienone is 1. The molecular formula is C27H35NO6. The molecule has 0 bridgehead atoms. The first kappa shape index (κ1) is 25.4. The van der Waals surface area contributed by atoms with Crippen LogP contribution in [0.2, 0.25) is 0 Å². The standard InChI is InChI=1S/C27H35NO6/c1-16(2)13-28(14-17(3)4)15-20-21(29)10-9-19-24(30)23(34-26(19)20)12-18-8-11-22(31-5)27(33-7)25(18)32-6/h8-12,16-17,29H,13-15H2,1-7H3/b23-12-. The van der Waals surface area contributed by atoms with Gasteiger partial charge in [0.05, 0.1) is 40.0 Å². The average molecular weight is 470 g/mol. The van der Waals surface area contributed by atoms with Crippen molar-refractivity contribution >= 4 is 11.9 Å². The first-order valence-corrected chi connectivity index (χ1v) is 11.6. The van der Waals surface area contributed by atoms with Gasteiger partial charge < -0.3 is 29.0 Å². The molecule has 0 spiro atoms. The van der Waals surface area contributed by atoms with Crippen molar-refractivity contribution in [2.24, 2.45) is 11.8 Å². The lowest BCUT2D eigenvalue weighted by atomic mass is 10.0. The molecule has 7 nitrogen and oxygen atoms in total. The lowest BCUT2D eigenvalue weighted by molar-refractivity contribution is -0.919. The number of carbonyl (C=O) groups excluding carboxylic acids is 1. The van der Waals surface area contributed by atoms with Crippen molar-refractivity contribution in [3.63, 3.8) is 0 Å². The highest BCUT2D eigenvalue weighted by atomic mass is 16.5. The number of fused-ring (bicyclic) bond motifs is 1. The Morgan fingerprint density at radius 2 is 1.59 bits per heavy atom. The molecule has 0 saturated heterocycles. The summed E-state index contributed by atoms with van der Waals surface area (Å²) < 4.78 is 22.4. The van der Waals surface area contributed by atoms with E-state index in [0.717, 1.165) is 13.1 Å². The normalized spacial score (nSPS) is 14.2. The fourth-order valence-electron chi connectivity index (χ4n) is 4.47. The molecule has 1 aliphatic heterocycles.